The van der Waals surface area contributed by atoms with Crippen LogP contribution < -0.4 is 18.9 Å². The molecule has 0 radical (unpaired) electrons. The van der Waals surface area contributed by atoms with Crippen molar-refractivity contribution < 1.29 is 62.7 Å². The monoisotopic (exact) mass is 656 g/mol. The Bertz CT molecular complexity index is 1600. The predicted molar refractivity (Wildman–Crippen MR) is 156 cm³/mol. The van der Waals surface area contributed by atoms with E-state index in [0.29, 0.717) is 28.2 Å². The number of hydrogen-bond acceptors (Lipinski definition) is 14. The third-order valence-corrected chi connectivity index (χ3v) is 10.3. The van der Waals surface area contributed by atoms with E-state index in [9.17, 15) is 20.1 Å². The van der Waals surface area contributed by atoms with E-state index >= 15 is 0 Å². The predicted octanol–water partition coefficient (Wildman–Crippen LogP) is 2.75. The Morgan fingerprint density at radius 2 is 1.65 bits per heavy atom. The Balaban J connectivity index is 1.16. The number of ether oxygens (including phenoxy) is 9. The molecule has 3 aromatic rings. The first-order valence-corrected chi connectivity index (χ1v) is 15.8. The van der Waals surface area contributed by atoms with Crippen molar-refractivity contribution in [2.24, 2.45) is 11.8 Å². The van der Waals surface area contributed by atoms with Crippen molar-refractivity contribution in [3.63, 3.8) is 0 Å². The quantitative estimate of drug-likeness (QED) is 0.333. The number of carbonyl (C=O) groups excluding carboxylic acids is 1. The number of fused-ring (bicyclic) bond motifs is 4. The highest BCUT2D eigenvalue weighted by Gasteiger charge is 2.56. The minimum atomic E-state index is -1.47. The Morgan fingerprint density at radius 3 is 2.35 bits per heavy atom. The second-order valence-electron chi connectivity index (χ2n) is 11.8. The second-order valence-corrected chi connectivity index (χ2v) is 12.7. The van der Waals surface area contributed by atoms with Gasteiger partial charge in [0.1, 0.15) is 24.4 Å². The number of benzene rings is 2. The van der Waals surface area contributed by atoms with Crippen molar-refractivity contribution in [1.29, 1.82) is 0 Å². The number of phenolic OH excluding ortho intramolecular Hbond substituents is 1. The molecule has 5 heterocycles. The summed E-state index contributed by atoms with van der Waals surface area (Å²) in [6.07, 6.45) is -7.16. The summed E-state index contributed by atoms with van der Waals surface area (Å²) in [6, 6.07) is 10.7. The molecule has 0 amide bonds. The molecule has 14 heteroatoms. The fraction of sp³-hybridized carbons (Fsp3) is 0.469. The van der Waals surface area contributed by atoms with Gasteiger partial charge in [-0.15, -0.1) is 11.3 Å². The van der Waals surface area contributed by atoms with Crippen LogP contribution in [0.15, 0.2) is 41.8 Å². The van der Waals surface area contributed by atoms with E-state index < -0.39 is 66.8 Å². The van der Waals surface area contributed by atoms with Crippen LogP contribution in [0.25, 0.3) is 0 Å². The first kappa shape index (κ1) is 29.8. The molecule has 0 saturated carbocycles. The van der Waals surface area contributed by atoms with E-state index in [1.807, 2.05) is 23.6 Å². The standard InChI is InChI=1S/C32H32O13S/c1-37-19-6-13(7-20(38-2)25(19)33)23-14-8-17-18(42-12-41-17)9-15(14)28(16-10-39-30(36)24(16)23)44-32-27(35)26(34)29-21(43-32)11-40-31(45-29)22-4-3-5-46-22/h3-9,16,21,23-24,26-29,31-35H,10-12H2,1-2H3/t16-,21+,23+,24-,26+,27-,28-,29-,31-,32-/m0/s1. The lowest BCUT2D eigenvalue weighted by atomic mass is 9.66. The zero-order chi connectivity index (χ0) is 31.7. The van der Waals surface area contributed by atoms with Gasteiger partial charge in [-0.3, -0.25) is 4.79 Å². The van der Waals surface area contributed by atoms with Crippen LogP contribution in [0.2, 0.25) is 0 Å². The number of phenols is 1. The van der Waals surface area contributed by atoms with E-state index in [4.69, 9.17) is 42.6 Å². The van der Waals surface area contributed by atoms with Gasteiger partial charge in [0.25, 0.3) is 0 Å². The molecule has 0 unspecified atom stereocenters. The van der Waals surface area contributed by atoms with Gasteiger partial charge in [0.2, 0.25) is 12.5 Å². The number of esters is 1. The number of methoxy groups -OCH3 is 2. The molecule has 10 atom stereocenters. The van der Waals surface area contributed by atoms with E-state index in [1.54, 1.807) is 18.2 Å². The largest absolute Gasteiger partial charge is 0.502 e. The number of aromatic hydroxyl groups is 1. The summed E-state index contributed by atoms with van der Waals surface area (Å²) in [7, 11) is 2.86. The smallest absolute Gasteiger partial charge is 0.310 e. The lowest BCUT2D eigenvalue weighted by molar-refractivity contribution is -0.368. The van der Waals surface area contributed by atoms with Crippen LogP contribution in [-0.2, 0) is 28.5 Å². The lowest BCUT2D eigenvalue weighted by Crippen LogP contribution is -2.62. The molecule has 3 N–H and O–H groups in total. The molecule has 4 aliphatic heterocycles. The van der Waals surface area contributed by atoms with E-state index in [-0.39, 0.29) is 37.3 Å². The SMILES string of the molecule is COc1cc([C@@H]2c3cc4c(cc3[C@H](O[C@@H]3O[C@@H]5CO[C@H](c6cccs6)O[C@@H]5[C@H](O)[C@@H]3O)[C@H]3COC(=O)[C@H]23)OCO4)cc(OC)c1O. The molecule has 1 aromatic heterocycles. The number of aliphatic hydroxyl groups excluding tert-OH is 2. The van der Waals surface area contributed by atoms with Crippen LogP contribution >= 0.6 is 11.3 Å². The zero-order valence-electron chi connectivity index (χ0n) is 24.8. The van der Waals surface area contributed by atoms with Crippen LogP contribution in [0.5, 0.6) is 28.7 Å². The first-order chi connectivity index (χ1) is 22.4. The van der Waals surface area contributed by atoms with Crippen LogP contribution in [0.1, 0.15) is 39.9 Å². The van der Waals surface area contributed by atoms with Crippen LogP contribution in [0, 0.1) is 11.8 Å². The molecule has 46 heavy (non-hydrogen) atoms. The van der Waals surface area contributed by atoms with Gasteiger partial charge in [0.15, 0.2) is 35.6 Å². The van der Waals surface area contributed by atoms with E-state index in [0.717, 1.165) is 4.88 Å². The minimum Gasteiger partial charge on any atom is -0.502 e. The number of aliphatic hydroxyl groups is 2. The van der Waals surface area contributed by atoms with Crippen molar-refractivity contribution in [3.05, 3.63) is 63.3 Å². The van der Waals surface area contributed by atoms with Gasteiger partial charge in [-0.2, -0.15) is 0 Å². The van der Waals surface area contributed by atoms with Crippen molar-refractivity contribution >= 4 is 17.3 Å². The molecular weight excluding hydrogens is 624 g/mol. The lowest BCUT2D eigenvalue weighted by Gasteiger charge is -2.48. The number of thiophene rings is 1. The molecule has 13 nitrogen and oxygen atoms in total. The molecule has 5 aliphatic rings. The molecule has 0 bridgehead atoms. The Hall–Kier alpha value is -3.63. The average Bonchev–Trinajstić information content (AvgIpc) is 3.85. The molecule has 3 saturated heterocycles. The topological polar surface area (TPSA) is 161 Å². The minimum absolute atomic E-state index is 0.0242. The molecule has 244 valence electrons. The summed E-state index contributed by atoms with van der Waals surface area (Å²) in [5.41, 5.74) is 2.00. The summed E-state index contributed by atoms with van der Waals surface area (Å²) in [4.78, 5) is 14.3. The van der Waals surface area contributed by atoms with Gasteiger partial charge in [-0.1, -0.05) is 6.07 Å². The van der Waals surface area contributed by atoms with Crippen molar-refractivity contribution in [1.82, 2.24) is 0 Å². The van der Waals surface area contributed by atoms with Crippen LogP contribution in [0.3, 0.4) is 0 Å². The van der Waals surface area contributed by atoms with Crippen LogP contribution in [-0.4, -0.2) is 86.2 Å². The van der Waals surface area contributed by atoms with Crippen LogP contribution in [0.4, 0.5) is 0 Å². The molecule has 2 aromatic carbocycles. The Labute approximate surface area is 267 Å². The maximum absolute atomic E-state index is 13.5. The first-order valence-electron chi connectivity index (χ1n) is 14.9. The third kappa shape index (κ3) is 4.70. The summed E-state index contributed by atoms with van der Waals surface area (Å²) in [6.45, 7) is 0.171. The molecule has 3 fully saturated rings. The van der Waals surface area contributed by atoms with Gasteiger partial charge in [-0.25, -0.2) is 0 Å². The van der Waals surface area contributed by atoms with E-state index in [1.165, 1.54) is 25.6 Å². The molecular formula is C32H32O13S. The van der Waals surface area contributed by atoms with Gasteiger partial charge >= 0.3 is 5.97 Å². The molecule has 8 rings (SSSR count). The third-order valence-electron chi connectivity index (χ3n) is 9.37. The van der Waals surface area contributed by atoms with Gasteiger partial charge in [0, 0.05) is 11.8 Å². The molecule has 0 spiro atoms. The van der Waals surface area contributed by atoms with Crippen molar-refractivity contribution in [2.75, 3.05) is 34.2 Å². The Morgan fingerprint density at radius 1 is 0.913 bits per heavy atom. The number of carbonyl (C=O) groups is 1. The summed E-state index contributed by atoms with van der Waals surface area (Å²) in [5, 5.41) is 35.0. The zero-order valence-corrected chi connectivity index (χ0v) is 25.6. The van der Waals surface area contributed by atoms with Gasteiger partial charge < -0.3 is 58.0 Å². The van der Waals surface area contributed by atoms with Gasteiger partial charge in [-0.05, 0) is 52.4 Å². The van der Waals surface area contributed by atoms with Crippen molar-refractivity contribution in [3.8, 4) is 28.7 Å². The second kappa shape index (κ2) is 11.6. The number of hydrogen-bond donors (Lipinski definition) is 3. The maximum atomic E-state index is 13.5. The number of rotatable bonds is 6. The Kier molecular flexibility index (Phi) is 7.48. The highest BCUT2D eigenvalue weighted by atomic mass is 32.1. The summed E-state index contributed by atoms with van der Waals surface area (Å²) >= 11 is 1.46. The van der Waals surface area contributed by atoms with Gasteiger partial charge in [0.05, 0.1) is 44.3 Å². The fourth-order valence-electron chi connectivity index (χ4n) is 7.18. The summed E-state index contributed by atoms with van der Waals surface area (Å²) in [5.74, 6) is -1.08. The number of cyclic esters (lactones) is 1. The highest BCUT2D eigenvalue weighted by Crippen LogP contribution is 2.57. The fourth-order valence-corrected chi connectivity index (χ4v) is 7.89. The average molecular weight is 657 g/mol. The normalized spacial score (nSPS) is 34.3. The molecule has 1 aliphatic carbocycles. The van der Waals surface area contributed by atoms with E-state index in [2.05, 4.69) is 0 Å². The van der Waals surface area contributed by atoms with Crippen molar-refractivity contribution in [2.45, 2.75) is 49.0 Å². The maximum Gasteiger partial charge on any atom is 0.310 e. The highest BCUT2D eigenvalue weighted by molar-refractivity contribution is 7.10. The summed E-state index contributed by atoms with van der Waals surface area (Å²) < 4.78 is 52.6.